The molecule has 4 heteroatoms. The van der Waals surface area contributed by atoms with Crippen LogP contribution in [0.15, 0.2) is 6.20 Å². The molecule has 0 saturated carbocycles. The highest BCUT2D eigenvalue weighted by Crippen LogP contribution is 2.32. The van der Waals surface area contributed by atoms with Gasteiger partial charge in [0.05, 0.1) is 13.3 Å². The van der Waals surface area contributed by atoms with Gasteiger partial charge in [-0.1, -0.05) is 20.3 Å². The second-order valence-electron chi connectivity index (χ2n) is 4.47. The van der Waals surface area contributed by atoms with Gasteiger partial charge in [0.1, 0.15) is 11.8 Å². The third-order valence-corrected chi connectivity index (χ3v) is 2.97. The number of aliphatic hydroxyl groups is 1. The van der Waals surface area contributed by atoms with Gasteiger partial charge in [0.15, 0.2) is 5.75 Å². The molecule has 1 heterocycles. The Morgan fingerprint density at radius 1 is 1.44 bits per heavy atom. The number of rotatable bonds is 5. The first-order valence-corrected chi connectivity index (χ1v) is 5.82. The number of hydrogen-bond acceptors (Lipinski definition) is 3. The van der Waals surface area contributed by atoms with Gasteiger partial charge >= 0.3 is 0 Å². The summed E-state index contributed by atoms with van der Waals surface area (Å²) in [4.78, 5) is 0. The Kier molecular flexibility index (Phi) is 4.35. The summed E-state index contributed by atoms with van der Waals surface area (Å²) in [5.74, 6) is 0.865. The smallest absolute Gasteiger partial charge is 0.162 e. The zero-order valence-corrected chi connectivity index (χ0v) is 10.8. The fourth-order valence-corrected chi connectivity index (χ4v) is 1.70. The molecule has 1 aromatic rings. The molecule has 0 fully saturated rings. The van der Waals surface area contributed by atoms with Crippen LogP contribution in [0.5, 0.6) is 5.75 Å². The van der Waals surface area contributed by atoms with Crippen LogP contribution < -0.4 is 4.74 Å². The van der Waals surface area contributed by atoms with E-state index in [0.29, 0.717) is 5.75 Å². The summed E-state index contributed by atoms with van der Waals surface area (Å²) in [5, 5.41) is 14.5. The van der Waals surface area contributed by atoms with Gasteiger partial charge in [0, 0.05) is 6.04 Å². The molecular formula is C12H22N2O2. The van der Waals surface area contributed by atoms with Crippen molar-refractivity contribution in [2.24, 2.45) is 5.92 Å². The lowest BCUT2D eigenvalue weighted by molar-refractivity contribution is 0.101. The minimum absolute atomic E-state index is 0.197. The van der Waals surface area contributed by atoms with E-state index in [1.807, 2.05) is 25.5 Å². The van der Waals surface area contributed by atoms with Crippen LogP contribution in [0.4, 0.5) is 0 Å². The van der Waals surface area contributed by atoms with Crippen LogP contribution in [0.3, 0.4) is 0 Å². The molecule has 4 nitrogen and oxygen atoms in total. The molecule has 2 unspecified atom stereocenters. The van der Waals surface area contributed by atoms with Gasteiger partial charge in [-0.05, 0) is 19.8 Å². The van der Waals surface area contributed by atoms with Crippen LogP contribution in [0.2, 0.25) is 0 Å². The van der Waals surface area contributed by atoms with E-state index in [0.717, 1.165) is 12.1 Å². The average Bonchev–Trinajstić information content (AvgIpc) is 2.70. The maximum atomic E-state index is 10.3. The van der Waals surface area contributed by atoms with Crippen molar-refractivity contribution in [3.8, 4) is 5.75 Å². The van der Waals surface area contributed by atoms with Gasteiger partial charge in [-0.3, -0.25) is 4.68 Å². The monoisotopic (exact) mass is 226 g/mol. The van der Waals surface area contributed by atoms with E-state index in [4.69, 9.17) is 4.74 Å². The molecule has 0 aliphatic heterocycles. The zero-order valence-electron chi connectivity index (χ0n) is 10.8. The minimum atomic E-state index is -0.523. The van der Waals surface area contributed by atoms with Gasteiger partial charge in [-0.15, -0.1) is 0 Å². The van der Waals surface area contributed by atoms with E-state index in [1.54, 1.807) is 13.3 Å². The van der Waals surface area contributed by atoms with Crippen LogP contribution in [-0.4, -0.2) is 22.0 Å². The third-order valence-electron chi connectivity index (χ3n) is 2.97. The molecule has 0 amide bonds. The molecule has 1 N–H and O–H groups in total. The van der Waals surface area contributed by atoms with E-state index in [-0.39, 0.29) is 12.0 Å². The lowest BCUT2D eigenvalue weighted by atomic mass is 9.98. The van der Waals surface area contributed by atoms with Crippen molar-refractivity contribution in [3.05, 3.63) is 11.9 Å². The summed E-state index contributed by atoms with van der Waals surface area (Å²) in [5.41, 5.74) is 0.784. The van der Waals surface area contributed by atoms with Crippen molar-refractivity contribution in [1.82, 2.24) is 9.78 Å². The molecule has 0 aromatic carbocycles. The van der Waals surface area contributed by atoms with E-state index < -0.39 is 6.10 Å². The first kappa shape index (κ1) is 13.0. The highest BCUT2D eigenvalue weighted by Gasteiger charge is 2.24. The van der Waals surface area contributed by atoms with Crippen molar-refractivity contribution < 1.29 is 9.84 Å². The van der Waals surface area contributed by atoms with Crippen LogP contribution >= 0.6 is 0 Å². The summed E-state index contributed by atoms with van der Waals surface area (Å²) >= 11 is 0. The van der Waals surface area contributed by atoms with Crippen molar-refractivity contribution >= 4 is 0 Å². The summed E-state index contributed by atoms with van der Waals surface area (Å²) in [7, 11) is 1.61. The van der Waals surface area contributed by atoms with E-state index >= 15 is 0 Å². The lowest BCUT2D eigenvalue weighted by Crippen LogP contribution is -2.16. The predicted molar refractivity (Wildman–Crippen MR) is 63.6 cm³/mol. The molecule has 0 bridgehead atoms. The number of nitrogens with zero attached hydrogens (tertiary/aromatic N) is 2. The molecule has 0 aliphatic carbocycles. The first-order chi connectivity index (χ1) is 7.52. The quantitative estimate of drug-likeness (QED) is 0.839. The van der Waals surface area contributed by atoms with Gasteiger partial charge in [-0.25, -0.2) is 0 Å². The average molecular weight is 226 g/mol. The zero-order chi connectivity index (χ0) is 12.3. The Hall–Kier alpha value is -1.03. The molecule has 1 rings (SSSR count). The van der Waals surface area contributed by atoms with Crippen LogP contribution in [0.25, 0.3) is 0 Å². The fourth-order valence-electron chi connectivity index (χ4n) is 1.70. The van der Waals surface area contributed by atoms with Crippen molar-refractivity contribution in [2.75, 3.05) is 7.11 Å². The Balaban J connectivity index is 3.12. The summed E-state index contributed by atoms with van der Waals surface area (Å²) in [6.45, 7) is 8.18. The number of methoxy groups -OCH3 is 1. The SMILES string of the molecule is CCC(C)C(O)c1c(OC)cnn1C(C)C. The standard InChI is InChI=1S/C12H22N2O2/c1-6-9(4)12(15)11-10(16-5)7-13-14(11)8(2)3/h7-9,12,15H,6H2,1-5H3. The molecule has 1 aromatic heterocycles. The molecule has 0 spiro atoms. The van der Waals surface area contributed by atoms with Crippen LogP contribution in [-0.2, 0) is 0 Å². The van der Waals surface area contributed by atoms with Gasteiger partial charge < -0.3 is 9.84 Å². The Morgan fingerprint density at radius 3 is 2.50 bits per heavy atom. The van der Waals surface area contributed by atoms with Crippen molar-refractivity contribution in [3.63, 3.8) is 0 Å². The molecular weight excluding hydrogens is 204 g/mol. The first-order valence-electron chi connectivity index (χ1n) is 5.82. The highest BCUT2D eigenvalue weighted by atomic mass is 16.5. The minimum Gasteiger partial charge on any atom is -0.493 e. The number of ether oxygens (including phenoxy) is 1. The molecule has 16 heavy (non-hydrogen) atoms. The summed E-state index contributed by atoms with van der Waals surface area (Å²) in [6, 6.07) is 0.220. The van der Waals surface area contributed by atoms with Gasteiger partial charge in [0.25, 0.3) is 0 Å². The highest BCUT2D eigenvalue weighted by molar-refractivity contribution is 5.28. The largest absolute Gasteiger partial charge is 0.493 e. The topological polar surface area (TPSA) is 47.3 Å². The van der Waals surface area contributed by atoms with Crippen LogP contribution in [0.1, 0.15) is 52.0 Å². The number of aliphatic hydroxyl groups excluding tert-OH is 1. The van der Waals surface area contributed by atoms with Crippen molar-refractivity contribution in [1.29, 1.82) is 0 Å². The fraction of sp³-hybridized carbons (Fsp3) is 0.750. The Morgan fingerprint density at radius 2 is 2.06 bits per heavy atom. The molecule has 0 aliphatic rings. The maximum Gasteiger partial charge on any atom is 0.162 e. The number of aromatic nitrogens is 2. The third kappa shape index (κ3) is 2.38. The van der Waals surface area contributed by atoms with Crippen molar-refractivity contribution in [2.45, 2.75) is 46.3 Å². The van der Waals surface area contributed by atoms with E-state index in [9.17, 15) is 5.11 Å². The Labute approximate surface area is 97.2 Å². The summed E-state index contributed by atoms with van der Waals surface area (Å²) < 4.78 is 7.08. The molecule has 2 atom stereocenters. The second-order valence-corrected chi connectivity index (χ2v) is 4.47. The Bertz CT molecular complexity index is 334. The van der Waals surface area contributed by atoms with E-state index in [1.165, 1.54) is 0 Å². The molecule has 0 saturated heterocycles. The summed E-state index contributed by atoms with van der Waals surface area (Å²) in [6.07, 6.45) is 2.07. The molecule has 0 radical (unpaired) electrons. The van der Waals surface area contributed by atoms with E-state index in [2.05, 4.69) is 12.0 Å². The number of hydrogen-bond donors (Lipinski definition) is 1. The van der Waals surface area contributed by atoms with Crippen LogP contribution in [0, 0.1) is 5.92 Å². The normalized spacial score (nSPS) is 15.2. The lowest BCUT2D eigenvalue weighted by Gasteiger charge is -2.21. The van der Waals surface area contributed by atoms with Gasteiger partial charge in [-0.2, -0.15) is 5.10 Å². The molecule has 92 valence electrons. The predicted octanol–water partition coefficient (Wildman–Crippen LogP) is 2.55. The van der Waals surface area contributed by atoms with Gasteiger partial charge in [0.2, 0.25) is 0 Å². The second kappa shape index (κ2) is 5.34. The maximum absolute atomic E-state index is 10.3.